The Morgan fingerprint density at radius 1 is 1.32 bits per heavy atom. The molecule has 19 heavy (non-hydrogen) atoms. The Hall–Kier alpha value is -1.82. The molecule has 0 unspecified atom stereocenters. The van der Waals surface area contributed by atoms with Crippen LogP contribution in [-0.2, 0) is 6.54 Å². The van der Waals surface area contributed by atoms with Crippen LogP contribution < -0.4 is 10.6 Å². The predicted octanol–water partition coefficient (Wildman–Crippen LogP) is 2.20. The van der Waals surface area contributed by atoms with Crippen molar-refractivity contribution in [2.24, 2.45) is 0 Å². The number of thioether (sulfide) groups is 1. The maximum Gasteiger partial charge on any atom is 0.191 e. The minimum Gasteiger partial charge on any atom is -0.383 e. The molecule has 0 saturated heterocycles. The van der Waals surface area contributed by atoms with E-state index >= 15 is 0 Å². The molecule has 0 aromatic carbocycles. The number of nitrogen functional groups attached to an aromatic ring is 1. The minimum absolute atomic E-state index is 0.494. The normalized spacial score (nSPS) is 10.4. The summed E-state index contributed by atoms with van der Waals surface area (Å²) in [5.41, 5.74) is 6.82. The lowest BCUT2D eigenvalue weighted by Crippen LogP contribution is -2.24. The van der Waals surface area contributed by atoms with E-state index in [1.165, 1.54) is 11.8 Å². The van der Waals surface area contributed by atoms with Crippen LogP contribution in [0.25, 0.3) is 0 Å². The molecule has 0 fully saturated rings. The van der Waals surface area contributed by atoms with Gasteiger partial charge < -0.3 is 10.6 Å². The van der Waals surface area contributed by atoms with Crippen molar-refractivity contribution in [3.63, 3.8) is 0 Å². The van der Waals surface area contributed by atoms with Crippen LogP contribution >= 0.6 is 11.8 Å². The summed E-state index contributed by atoms with van der Waals surface area (Å²) in [5.74, 6) is 1.33. The Bertz CT molecular complexity index is 532. The molecule has 0 spiro atoms. The molecule has 2 aromatic heterocycles. The summed E-state index contributed by atoms with van der Waals surface area (Å²) in [6.07, 6.45) is 3.73. The summed E-state index contributed by atoms with van der Waals surface area (Å²) in [4.78, 5) is 15.1. The van der Waals surface area contributed by atoms with Crippen molar-refractivity contribution >= 4 is 23.4 Å². The molecule has 0 atom stereocenters. The highest BCUT2D eigenvalue weighted by Gasteiger charge is 2.10. The molecule has 6 heteroatoms. The van der Waals surface area contributed by atoms with Crippen LogP contribution in [0.5, 0.6) is 0 Å². The van der Waals surface area contributed by atoms with Gasteiger partial charge in [0.25, 0.3) is 0 Å². The lowest BCUT2D eigenvalue weighted by Gasteiger charge is -2.22. The second-order valence-electron chi connectivity index (χ2n) is 3.97. The van der Waals surface area contributed by atoms with E-state index in [2.05, 4.69) is 26.8 Å². The summed E-state index contributed by atoms with van der Waals surface area (Å²) in [5, 5.41) is 0.689. The first-order valence-electron chi connectivity index (χ1n) is 6.06. The number of anilines is 2. The molecule has 2 rings (SSSR count). The minimum atomic E-state index is 0.494. The average Bonchev–Trinajstić information content (AvgIpc) is 2.45. The van der Waals surface area contributed by atoms with Crippen molar-refractivity contribution in [3.05, 3.63) is 36.2 Å². The van der Waals surface area contributed by atoms with E-state index in [9.17, 15) is 0 Å². The van der Waals surface area contributed by atoms with Gasteiger partial charge in [0.05, 0.1) is 12.2 Å². The van der Waals surface area contributed by atoms with Crippen LogP contribution in [0.4, 0.5) is 11.6 Å². The highest BCUT2D eigenvalue weighted by atomic mass is 32.2. The Labute approximate surface area is 117 Å². The van der Waals surface area contributed by atoms with Crippen LogP contribution in [0.2, 0.25) is 0 Å². The van der Waals surface area contributed by atoms with Crippen molar-refractivity contribution in [1.29, 1.82) is 0 Å². The van der Waals surface area contributed by atoms with Gasteiger partial charge in [0.1, 0.15) is 11.6 Å². The summed E-state index contributed by atoms with van der Waals surface area (Å²) in [7, 11) is 0. The molecule has 0 amide bonds. The van der Waals surface area contributed by atoms with Crippen LogP contribution in [0.1, 0.15) is 12.6 Å². The standard InChI is InChI=1S/C13H17N5S/c1-3-18(9-10-6-4-5-7-15-10)12-8-11(14)16-13(17-12)19-2/h4-8H,3,9H2,1-2H3,(H2,14,16,17). The molecule has 0 bridgehead atoms. The van der Waals surface area contributed by atoms with Crippen molar-refractivity contribution in [2.45, 2.75) is 18.6 Å². The monoisotopic (exact) mass is 275 g/mol. The molecule has 0 aliphatic heterocycles. The molecular weight excluding hydrogens is 258 g/mol. The molecule has 0 aliphatic carbocycles. The first-order valence-corrected chi connectivity index (χ1v) is 7.28. The fraction of sp³-hybridized carbons (Fsp3) is 0.308. The number of hydrogen-bond donors (Lipinski definition) is 1. The van der Waals surface area contributed by atoms with Crippen molar-refractivity contribution in [3.8, 4) is 0 Å². The van der Waals surface area contributed by atoms with Gasteiger partial charge in [-0.25, -0.2) is 9.97 Å². The Balaban J connectivity index is 2.24. The van der Waals surface area contributed by atoms with Gasteiger partial charge in [-0.15, -0.1) is 0 Å². The van der Waals surface area contributed by atoms with Gasteiger partial charge >= 0.3 is 0 Å². The number of hydrogen-bond acceptors (Lipinski definition) is 6. The zero-order valence-corrected chi connectivity index (χ0v) is 11.9. The first kappa shape index (κ1) is 13.6. The van der Waals surface area contributed by atoms with Crippen molar-refractivity contribution in [2.75, 3.05) is 23.4 Å². The molecule has 100 valence electrons. The third kappa shape index (κ3) is 3.57. The maximum atomic E-state index is 5.81. The number of rotatable bonds is 5. The van der Waals surface area contributed by atoms with Gasteiger partial charge in [-0.1, -0.05) is 17.8 Å². The van der Waals surface area contributed by atoms with Gasteiger partial charge in [0.2, 0.25) is 0 Å². The van der Waals surface area contributed by atoms with Crippen LogP contribution in [0, 0.1) is 0 Å². The van der Waals surface area contributed by atoms with Crippen LogP contribution in [0.3, 0.4) is 0 Å². The zero-order chi connectivity index (χ0) is 13.7. The fourth-order valence-corrected chi connectivity index (χ4v) is 2.11. The largest absolute Gasteiger partial charge is 0.383 e. The van der Waals surface area contributed by atoms with Crippen molar-refractivity contribution in [1.82, 2.24) is 15.0 Å². The van der Waals surface area contributed by atoms with E-state index in [0.717, 1.165) is 18.1 Å². The summed E-state index contributed by atoms with van der Waals surface area (Å²) in [6.45, 7) is 3.63. The predicted molar refractivity (Wildman–Crippen MR) is 79.2 cm³/mol. The molecule has 2 aromatic rings. The molecule has 2 heterocycles. The maximum absolute atomic E-state index is 5.81. The van der Waals surface area contributed by atoms with E-state index < -0.39 is 0 Å². The summed E-state index contributed by atoms with van der Waals surface area (Å²) in [6, 6.07) is 7.70. The van der Waals surface area contributed by atoms with E-state index in [0.29, 0.717) is 17.5 Å². The second kappa shape index (κ2) is 6.38. The Morgan fingerprint density at radius 2 is 2.16 bits per heavy atom. The number of nitrogens with zero attached hydrogens (tertiary/aromatic N) is 4. The van der Waals surface area contributed by atoms with Gasteiger partial charge in [-0.3, -0.25) is 4.98 Å². The Kier molecular flexibility index (Phi) is 4.57. The molecular formula is C13H17N5S. The highest BCUT2D eigenvalue weighted by molar-refractivity contribution is 7.98. The summed E-state index contributed by atoms with van der Waals surface area (Å²) >= 11 is 1.49. The number of nitrogens with two attached hydrogens (primary N) is 1. The smallest absolute Gasteiger partial charge is 0.191 e. The second-order valence-corrected chi connectivity index (χ2v) is 4.75. The van der Waals surface area contributed by atoms with E-state index in [4.69, 9.17) is 5.73 Å². The van der Waals surface area contributed by atoms with E-state index in [-0.39, 0.29) is 0 Å². The molecule has 0 radical (unpaired) electrons. The third-order valence-corrected chi connectivity index (χ3v) is 3.23. The number of aromatic nitrogens is 3. The lowest BCUT2D eigenvalue weighted by atomic mass is 10.3. The van der Waals surface area contributed by atoms with E-state index in [1.807, 2.05) is 24.5 Å². The lowest BCUT2D eigenvalue weighted by molar-refractivity contribution is 0.778. The number of pyridine rings is 1. The third-order valence-electron chi connectivity index (χ3n) is 2.68. The zero-order valence-electron chi connectivity index (χ0n) is 11.1. The topological polar surface area (TPSA) is 67.9 Å². The van der Waals surface area contributed by atoms with Crippen LogP contribution in [0.15, 0.2) is 35.6 Å². The SMILES string of the molecule is CCN(Cc1ccccn1)c1cc(N)nc(SC)n1. The van der Waals surface area contributed by atoms with Gasteiger partial charge in [-0.2, -0.15) is 0 Å². The Morgan fingerprint density at radius 3 is 2.79 bits per heavy atom. The van der Waals surface area contributed by atoms with Gasteiger partial charge in [0.15, 0.2) is 5.16 Å². The molecule has 0 saturated carbocycles. The molecule has 0 aliphatic rings. The molecule has 5 nitrogen and oxygen atoms in total. The molecule has 2 N–H and O–H groups in total. The highest BCUT2D eigenvalue weighted by Crippen LogP contribution is 2.19. The van der Waals surface area contributed by atoms with Gasteiger partial charge in [0, 0.05) is 18.8 Å². The van der Waals surface area contributed by atoms with Gasteiger partial charge in [-0.05, 0) is 25.3 Å². The average molecular weight is 275 g/mol. The summed E-state index contributed by atoms with van der Waals surface area (Å²) < 4.78 is 0. The van der Waals surface area contributed by atoms with Crippen LogP contribution in [-0.4, -0.2) is 27.8 Å². The first-order chi connectivity index (χ1) is 9.22. The fourth-order valence-electron chi connectivity index (χ4n) is 1.73. The quantitative estimate of drug-likeness (QED) is 0.666. The van der Waals surface area contributed by atoms with Crippen molar-refractivity contribution < 1.29 is 0 Å². The van der Waals surface area contributed by atoms with E-state index in [1.54, 1.807) is 12.3 Å².